The molecule has 2 heteroatoms. The zero-order valence-electron chi connectivity index (χ0n) is 10.7. The van der Waals surface area contributed by atoms with Crippen molar-refractivity contribution in [2.45, 2.75) is 20.3 Å². The van der Waals surface area contributed by atoms with E-state index in [9.17, 15) is 4.79 Å². The number of rotatable bonds is 3. The summed E-state index contributed by atoms with van der Waals surface area (Å²) < 4.78 is 0. The molecule has 0 fully saturated rings. The normalized spacial score (nSPS) is 10.3. The van der Waals surface area contributed by atoms with E-state index in [1.54, 1.807) is 0 Å². The molecule has 0 aliphatic heterocycles. The molecular weight excluding hydrogens is 222 g/mol. The Balaban J connectivity index is 2.77. The molecule has 92 valence electrons. The van der Waals surface area contributed by atoms with Crippen molar-refractivity contribution < 1.29 is 4.79 Å². The molecule has 1 amide bonds. The fourth-order valence-electron chi connectivity index (χ4n) is 2.35. The SMILES string of the molecule is CCc1c(C)ccc(C(N)=O)c1-c1ccccc1. The van der Waals surface area contributed by atoms with Gasteiger partial charge in [0.2, 0.25) is 5.91 Å². The minimum Gasteiger partial charge on any atom is -0.366 e. The van der Waals surface area contributed by atoms with Gasteiger partial charge in [-0.3, -0.25) is 4.79 Å². The predicted octanol–water partition coefficient (Wildman–Crippen LogP) is 3.32. The topological polar surface area (TPSA) is 43.1 Å². The Morgan fingerprint density at radius 3 is 2.33 bits per heavy atom. The summed E-state index contributed by atoms with van der Waals surface area (Å²) in [5.41, 5.74) is 10.5. The van der Waals surface area contributed by atoms with E-state index in [4.69, 9.17) is 5.73 Å². The van der Waals surface area contributed by atoms with E-state index in [-0.39, 0.29) is 5.91 Å². The van der Waals surface area contributed by atoms with Gasteiger partial charge in [-0.1, -0.05) is 43.3 Å². The first-order valence-corrected chi connectivity index (χ1v) is 6.12. The molecule has 0 saturated carbocycles. The number of primary amides is 1. The summed E-state index contributed by atoms with van der Waals surface area (Å²) in [5, 5.41) is 0. The maximum absolute atomic E-state index is 11.6. The van der Waals surface area contributed by atoms with Crippen LogP contribution in [-0.4, -0.2) is 5.91 Å². The van der Waals surface area contributed by atoms with Gasteiger partial charge in [-0.25, -0.2) is 0 Å². The second kappa shape index (κ2) is 5.05. The third-order valence-electron chi connectivity index (χ3n) is 3.23. The van der Waals surface area contributed by atoms with Gasteiger partial charge >= 0.3 is 0 Å². The van der Waals surface area contributed by atoms with Crippen LogP contribution in [0.5, 0.6) is 0 Å². The Morgan fingerprint density at radius 1 is 1.11 bits per heavy atom. The van der Waals surface area contributed by atoms with Crippen LogP contribution in [0.4, 0.5) is 0 Å². The first kappa shape index (κ1) is 12.4. The molecule has 0 spiro atoms. The van der Waals surface area contributed by atoms with Crippen molar-refractivity contribution in [3.8, 4) is 11.1 Å². The van der Waals surface area contributed by atoms with Crippen molar-refractivity contribution in [2.75, 3.05) is 0 Å². The second-order valence-corrected chi connectivity index (χ2v) is 4.37. The molecule has 0 atom stereocenters. The lowest BCUT2D eigenvalue weighted by Crippen LogP contribution is -2.14. The maximum Gasteiger partial charge on any atom is 0.249 e. The van der Waals surface area contributed by atoms with E-state index in [0.717, 1.165) is 17.5 Å². The molecule has 0 heterocycles. The molecule has 2 aromatic rings. The average Bonchev–Trinajstić information content (AvgIpc) is 2.39. The zero-order chi connectivity index (χ0) is 13.1. The Hall–Kier alpha value is -2.09. The van der Waals surface area contributed by atoms with Gasteiger partial charge in [-0.05, 0) is 41.7 Å². The number of nitrogens with two attached hydrogens (primary N) is 1. The number of benzene rings is 2. The van der Waals surface area contributed by atoms with Crippen LogP contribution in [0.3, 0.4) is 0 Å². The van der Waals surface area contributed by atoms with Crippen LogP contribution in [0, 0.1) is 6.92 Å². The third kappa shape index (κ3) is 2.14. The average molecular weight is 239 g/mol. The lowest BCUT2D eigenvalue weighted by atomic mass is 9.90. The Kier molecular flexibility index (Phi) is 3.47. The van der Waals surface area contributed by atoms with E-state index >= 15 is 0 Å². The monoisotopic (exact) mass is 239 g/mol. The van der Waals surface area contributed by atoms with E-state index in [1.807, 2.05) is 42.5 Å². The van der Waals surface area contributed by atoms with Crippen LogP contribution in [0.15, 0.2) is 42.5 Å². The molecule has 2 N–H and O–H groups in total. The summed E-state index contributed by atoms with van der Waals surface area (Å²) in [6.45, 7) is 4.16. The molecule has 2 rings (SSSR count). The van der Waals surface area contributed by atoms with Crippen molar-refractivity contribution in [1.29, 1.82) is 0 Å². The quantitative estimate of drug-likeness (QED) is 0.877. The molecule has 0 radical (unpaired) electrons. The highest BCUT2D eigenvalue weighted by molar-refractivity contribution is 6.01. The fraction of sp³-hybridized carbons (Fsp3) is 0.188. The Morgan fingerprint density at radius 2 is 1.78 bits per heavy atom. The summed E-state index contributed by atoms with van der Waals surface area (Å²) in [5.74, 6) is -0.372. The van der Waals surface area contributed by atoms with Crippen LogP contribution >= 0.6 is 0 Å². The molecule has 0 aliphatic carbocycles. The summed E-state index contributed by atoms with van der Waals surface area (Å²) >= 11 is 0. The van der Waals surface area contributed by atoms with Gasteiger partial charge in [0.15, 0.2) is 0 Å². The van der Waals surface area contributed by atoms with Gasteiger partial charge in [0.05, 0.1) is 0 Å². The van der Waals surface area contributed by atoms with Gasteiger partial charge in [-0.15, -0.1) is 0 Å². The fourth-order valence-corrected chi connectivity index (χ4v) is 2.35. The first-order valence-electron chi connectivity index (χ1n) is 6.12. The number of carbonyl (C=O) groups is 1. The molecule has 2 nitrogen and oxygen atoms in total. The minimum atomic E-state index is -0.372. The van der Waals surface area contributed by atoms with E-state index in [2.05, 4.69) is 13.8 Å². The molecule has 0 bridgehead atoms. The number of amides is 1. The van der Waals surface area contributed by atoms with Crippen molar-refractivity contribution in [1.82, 2.24) is 0 Å². The smallest absolute Gasteiger partial charge is 0.249 e. The second-order valence-electron chi connectivity index (χ2n) is 4.37. The molecule has 0 aliphatic rings. The van der Waals surface area contributed by atoms with Crippen LogP contribution < -0.4 is 5.73 Å². The number of hydrogen-bond acceptors (Lipinski definition) is 1. The lowest BCUT2D eigenvalue weighted by molar-refractivity contribution is 0.100. The summed E-state index contributed by atoms with van der Waals surface area (Å²) in [4.78, 5) is 11.6. The van der Waals surface area contributed by atoms with Crippen molar-refractivity contribution >= 4 is 5.91 Å². The summed E-state index contributed by atoms with van der Waals surface area (Å²) in [7, 11) is 0. The van der Waals surface area contributed by atoms with Crippen LogP contribution in [0.25, 0.3) is 11.1 Å². The highest BCUT2D eigenvalue weighted by atomic mass is 16.1. The minimum absolute atomic E-state index is 0.372. The van der Waals surface area contributed by atoms with Crippen LogP contribution in [0.2, 0.25) is 0 Å². The van der Waals surface area contributed by atoms with E-state index < -0.39 is 0 Å². The highest BCUT2D eigenvalue weighted by Crippen LogP contribution is 2.30. The molecule has 0 unspecified atom stereocenters. The molecule has 0 aromatic heterocycles. The Bertz CT molecular complexity index is 573. The predicted molar refractivity (Wildman–Crippen MR) is 74.5 cm³/mol. The molecule has 2 aromatic carbocycles. The van der Waals surface area contributed by atoms with Crippen molar-refractivity contribution in [3.63, 3.8) is 0 Å². The van der Waals surface area contributed by atoms with Crippen LogP contribution in [0.1, 0.15) is 28.4 Å². The van der Waals surface area contributed by atoms with E-state index in [1.165, 1.54) is 11.1 Å². The molecular formula is C16H17NO. The first-order chi connectivity index (χ1) is 8.65. The standard InChI is InChI=1S/C16H17NO/c1-3-13-11(2)9-10-14(16(17)18)15(13)12-7-5-4-6-8-12/h4-10H,3H2,1-2H3,(H2,17,18). The van der Waals surface area contributed by atoms with Gasteiger partial charge in [0.25, 0.3) is 0 Å². The maximum atomic E-state index is 11.6. The Labute approximate surface area is 107 Å². The van der Waals surface area contributed by atoms with Gasteiger partial charge in [-0.2, -0.15) is 0 Å². The summed E-state index contributed by atoms with van der Waals surface area (Å²) in [6.07, 6.45) is 0.886. The number of carbonyl (C=O) groups excluding carboxylic acids is 1. The zero-order valence-corrected chi connectivity index (χ0v) is 10.7. The number of hydrogen-bond donors (Lipinski definition) is 1. The molecule has 18 heavy (non-hydrogen) atoms. The van der Waals surface area contributed by atoms with Gasteiger partial charge in [0, 0.05) is 5.56 Å². The molecule has 0 saturated heterocycles. The van der Waals surface area contributed by atoms with Crippen molar-refractivity contribution in [3.05, 3.63) is 59.2 Å². The largest absolute Gasteiger partial charge is 0.366 e. The summed E-state index contributed by atoms with van der Waals surface area (Å²) in [6, 6.07) is 13.7. The van der Waals surface area contributed by atoms with Gasteiger partial charge in [0.1, 0.15) is 0 Å². The number of aryl methyl sites for hydroxylation is 1. The lowest BCUT2D eigenvalue weighted by Gasteiger charge is -2.15. The van der Waals surface area contributed by atoms with Gasteiger partial charge < -0.3 is 5.73 Å². The van der Waals surface area contributed by atoms with Crippen LogP contribution in [-0.2, 0) is 6.42 Å². The van der Waals surface area contributed by atoms with Crippen molar-refractivity contribution in [2.24, 2.45) is 5.73 Å². The highest BCUT2D eigenvalue weighted by Gasteiger charge is 2.15. The van der Waals surface area contributed by atoms with E-state index in [0.29, 0.717) is 5.56 Å². The third-order valence-corrected chi connectivity index (χ3v) is 3.23.